The second kappa shape index (κ2) is 16.4. The molecule has 17 heteroatoms. The van der Waals surface area contributed by atoms with Gasteiger partial charge < -0.3 is 27.0 Å². The molecule has 292 valence electrons. The Labute approximate surface area is 330 Å². The third kappa shape index (κ3) is 9.47. The normalized spacial score (nSPS) is 11.6. The number of nitrogens with one attached hydrogen (secondary N) is 2. The highest BCUT2D eigenvalue weighted by atomic mass is 19.4. The van der Waals surface area contributed by atoms with Crippen molar-refractivity contribution in [2.75, 3.05) is 32.7 Å². The summed E-state index contributed by atoms with van der Waals surface area (Å²) in [6.45, 7) is 5.67. The molecule has 3 amide bonds. The van der Waals surface area contributed by atoms with Crippen molar-refractivity contribution in [1.29, 1.82) is 0 Å². The van der Waals surface area contributed by atoms with Gasteiger partial charge in [0, 0.05) is 40.2 Å². The molecule has 0 radical (unpaired) electrons. The van der Waals surface area contributed by atoms with E-state index in [-0.39, 0.29) is 45.8 Å². The van der Waals surface area contributed by atoms with Crippen LogP contribution in [0.15, 0.2) is 102 Å². The predicted octanol–water partition coefficient (Wildman–Crippen LogP) is 6.54. The van der Waals surface area contributed by atoms with Crippen LogP contribution in [-0.4, -0.2) is 37.0 Å². The molecule has 0 aliphatic heterocycles. The first kappa shape index (κ1) is 39.8. The molecule has 3 heterocycles. The van der Waals surface area contributed by atoms with Crippen molar-refractivity contribution < 1.29 is 27.3 Å². The first-order chi connectivity index (χ1) is 27.6. The SMILES string of the molecule is CC(C)(C)c1cc(NC(=O)N(c2cccc(C#Cc3cncnc3N)c2)C(C(=O)Nc2cccc(C#Cc3c(N)ncnc3N)c2)c2ccc(C(F)(F)F)cc2)no1. The minimum absolute atomic E-state index is 0.0263. The molecule has 0 bridgehead atoms. The summed E-state index contributed by atoms with van der Waals surface area (Å²) in [4.78, 5) is 45.8. The number of rotatable bonds is 6. The van der Waals surface area contributed by atoms with E-state index in [2.05, 4.69) is 59.4 Å². The Morgan fingerprint density at radius 1 is 0.776 bits per heavy atom. The van der Waals surface area contributed by atoms with Crippen LogP contribution in [0, 0.1) is 23.7 Å². The molecule has 1 atom stereocenters. The topological polar surface area (TPSA) is 217 Å². The zero-order chi connectivity index (χ0) is 41.6. The molecule has 6 aromatic rings. The van der Waals surface area contributed by atoms with Crippen LogP contribution in [0.4, 0.5) is 52.6 Å². The van der Waals surface area contributed by atoms with Gasteiger partial charge in [0.15, 0.2) is 5.82 Å². The summed E-state index contributed by atoms with van der Waals surface area (Å²) in [6, 6.07) is 15.7. The van der Waals surface area contributed by atoms with E-state index in [1.807, 2.05) is 20.8 Å². The first-order valence-electron chi connectivity index (χ1n) is 17.3. The fraction of sp³-hybridized carbons (Fsp3) is 0.146. The van der Waals surface area contributed by atoms with Crippen molar-refractivity contribution in [3.63, 3.8) is 0 Å². The van der Waals surface area contributed by atoms with Crippen LogP contribution in [-0.2, 0) is 16.4 Å². The molecule has 8 N–H and O–H groups in total. The van der Waals surface area contributed by atoms with E-state index in [0.29, 0.717) is 22.5 Å². The lowest BCUT2D eigenvalue weighted by molar-refractivity contribution is -0.137. The smallest absolute Gasteiger partial charge is 0.383 e. The first-order valence-corrected chi connectivity index (χ1v) is 17.3. The average Bonchev–Trinajstić information content (AvgIpc) is 3.66. The summed E-state index contributed by atoms with van der Waals surface area (Å²) in [5.74, 6) is 11.6. The van der Waals surface area contributed by atoms with Gasteiger partial charge in [-0.2, -0.15) is 13.2 Å². The van der Waals surface area contributed by atoms with E-state index in [4.69, 9.17) is 21.7 Å². The van der Waals surface area contributed by atoms with Gasteiger partial charge in [0.1, 0.15) is 47.5 Å². The molecular formula is C41H34F3N11O3. The van der Waals surface area contributed by atoms with Crippen LogP contribution in [0.2, 0.25) is 0 Å². The third-order valence-electron chi connectivity index (χ3n) is 8.34. The quantitative estimate of drug-likeness (QED) is 0.114. The van der Waals surface area contributed by atoms with Gasteiger partial charge in [-0.3, -0.25) is 15.0 Å². The van der Waals surface area contributed by atoms with Crippen molar-refractivity contribution in [3.8, 4) is 23.7 Å². The monoisotopic (exact) mass is 785 g/mol. The molecule has 6 rings (SSSR count). The fourth-order valence-electron chi connectivity index (χ4n) is 5.38. The number of urea groups is 1. The van der Waals surface area contributed by atoms with Gasteiger partial charge in [-0.25, -0.2) is 24.7 Å². The molecule has 0 spiro atoms. The number of nitrogens with two attached hydrogens (primary N) is 3. The van der Waals surface area contributed by atoms with E-state index in [1.54, 1.807) is 42.5 Å². The van der Waals surface area contributed by atoms with Crippen molar-refractivity contribution in [1.82, 2.24) is 25.1 Å². The lowest BCUT2D eigenvalue weighted by Gasteiger charge is -2.31. The zero-order valence-corrected chi connectivity index (χ0v) is 31.1. The highest BCUT2D eigenvalue weighted by Gasteiger charge is 2.36. The molecule has 3 aromatic heterocycles. The molecule has 0 fully saturated rings. The number of carbonyl (C=O) groups is 2. The predicted molar refractivity (Wildman–Crippen MR) is 212 cm³/mol. The summed E-state index contributed by atoms with van der Waals surface area (Å²) in [5, 5.41) is 9.46. The van der Waals surface area contributed by atoms with Crippen LogP contribution < -0.4 is 32.7 Å². The van der Waals surface area contributed by atoms with Crippen LogP contribution in [0.5, 0.6) is 0 Å². The molecule has 0 aliphatic carbocycles. The Kier molecular flexibility index (Phi) is 11.3. The lowest BCUT2D eigenvalue weighted by Crippen LogP contribution is -2.44. The number of hydrogen-bond acceptors (Lipinski definition) is 11. The molecule has 14 nitrogen and oxygen atoms in total. The van der Waals surface area contributed by atoms with Gasteiger partial charge in [-0.05, 0) is 54.1 Å². The number of anilines is 6. The van der Waals surface area contributed by atoms with Gasteiger partial charge in [0.25, 0.3) is 5.91 Å². The Hall–Kier alpha value is -7.92. The number of hydrogen-bond donors (Lipinski definition) is 5. The van der Waals surface area contributed by atoms with Gasteiger partial charge in [0.05, 0.1) is 11.1 Å². The average molecular weight is 786 g/mol. The number of aromatic nitrogens is 5. The van der Waals surface area contributed by atoms with Gasteiger partial charge in [-0.1, -0.05) is 73.9 Å². The van der Waals surface area contributed by atoms with Crippen LogP contribution >= 0.6 is 0 Å². The number of carbonyl (C=O) groups excluding carboxylic acids is 2. The van der Waals surface area contributed by atoms with Crippen molar-refractivity contribution in [2.45, 2.75) is 38.4 Å². The second-order valence-electron chi connectivity index (χ2n) is 13.6. The van der Waals surface area contributed by atoms with Gasteiger partial charge in [-0.15, -0.1) is 0 Å². The number of alkyl halides is 3. The number of nitrogen functional groups attached to an aromatic ring is 3. The number of halogens is 3. The summed E-state index contributed by atoms with van der Waals surface area (Å²) < 4.78 is 46.7. The molecule has 58 heavy (non-hydrogen) atoms. The molecule has 1 unspecified atom stereocenters. The fourth-order valence-corrected chi connectivity index (χ4v) is 5.38. The Morgan fingerprint density at radius 2 is 1.43 bits per heavy atom. The van der Waals surface area contributed by atoms with Crippen molar-refractivity contribution >= 4 is 46.6 Å². The van der Waals surface area contributed by atoms with Gasteiger partial charge >= 0.3 is 12.2 Å². The standard InChI is InChI=1S/C41H34F3N11O3/c1-40(2,3)32-20-33(54-58-32)53-39(57)55(30-9-5-7-25(19-30)10-12-27-21-48-22-49-35(27)45)34(26-13-15-28(16-14-26)41(42,43)44)38(56)52-29-8-4-6-24(18-29)11-17-31-36(46)50-23-51-37(31)47/h4-9,13-16,18-23,34H,1-3H3,(H,52,56)(H2,45,48,49)(H,53,54,57)(H4,46,47,50,51). The van der Waals surface area contributed by atoms with E-state index < -0.39 is 35.1 Å². The Balaban J connectivity index is 1.44. The Morgan fingerprint density at radius 3 is 2.09 bits per heavy atom. The molecule has 3 aromatic carbocycles. The Bertz CT molecular complexity index is 2600. The third-order valence-corrected chi connectivity index (χ3v) is 8.34. The van der Waals surface area contributed by atoms with Crippen LogP contribution in [0.1, 0.15) is 66.0 Å². The van der Waals surface area contributed by atoms with Crippen molar-refractivity contribution in [2.24, 2.45) is 0 Å². The summed E-state index contributed by atoms with van der Waals surface area (Å²) in [7, 11) is 0. The highest BCUT2D eigenvalue weighted by Crippen LogP contribution is 2.34. The minimum Gasteiger partial charge on any atom is -0.383 e. The number of amides is 3. The maximum atomic E-state index is 14.6. The van der Waals surface area contributed by atoms with Crippen LogP contribution in [0.3, 0.4) is 0 Å². The highest BCUT2D eigenvalue weighted by molar-refractivity contribution is 6.09. The maximum Gasteiger partial charge on any atom is 0.416 e. The number of benzene rings is 3. The molecular weight excluding hydrogens is 752 g/mol. The summed E-state index contributed by atoms with van der Waals surface area (Å²) in [5.41, 5.74) is 18.1. The van der Waals surface area contributed by atoms with Gasteiger partial charge in [0.2, 0.25) is 0 Å². The maximum absolute atomic E-state index is 14.6. The number of nitrogens with zero attached hydrogens (tertiary/aromatic N) is 6. The van der Waals surface area contributed by atoms with E-state index in [1.165, 1.54) is 31.0 Å². The van der Waals surface area contributed by atoms with E-state index in [0.717, 1.165) is 29.2 Å². The molecule has 0 saturated carbocycles. The lowest BCUT2D eigenvalue weighted by atomic mass is 9.93. The minimum atomic E-state index is -4.67. The zero-order valence-electron chi connectivity index (χ0n) is 31.1. The van der Waals surface area contributed by atoms with Crippen LogP contribution in [0.25, 0.3) is 0 Å². The van der Waals surface area contributed by atoms with E-state index in [9.17, 15) is 22.8 Å². The van der Waals surface area contributed by atoms with Crippen molar-refractivity contribution in [3.05, 3.63) is 137 Å². The molecule has 0 saturated heterocycles. The summed E-state index contributed by atoms with van der Waals surface area (Å²) >= 11 is 0. The summed E-state index contributed by atoms with van der Waals surface area (Å²) in [6.07, 6.45) is -0.750. The largest absolute Gasteiger partial charge is 0.416 e. The molecule has 0 aliphatic rings. The second-order valence-corrected chi connectivity index (χ2v) is 13.6. The van der Waals surface area contributed by atoms with E-state index >= 15 is 0 Å².